The van der Waals surface area contributed by atoms with Crippen LogP contribution in [0.15, 0.2) is 0 Å². The fourth-order valence-electron chi connectivity index (χ4n) is 2.89. The molecular weight excluding hydrogens is 202 g/mol. The van der Waals surface area contributed by atoms with E-state index in [4.69, 9.17) is 9.47 Å². The third-order valence-electron chi connectivity index (χ3n) is 3.81. The molecular formula is C13H25NO2. The van der Waals surface area contributed by atoms with E-state index in [0.29, 0.717) is 12.1 Å². The van der Waals surface area contributed by atoms with Crippen LogP contribution in [0.1, 0.15) is 39.0 Å². The van der Waals surface area contributed by atoms with Crippen molar-refractivity contribution in [3.8, 4) is 0 Å². The van der Waals surface area contributed by atoms with Crippen LogP contribution in [0.2, 0.25) is 0 Å². The molecule has 2 aliphatic rings. The monoisotopic (exact) mass is 227 g/mol. The van der Waals surface area contributed by atoms with Crippen LogP contribution >= 0.6 is 0 Å². The molecule has 2 unspecified atom stereocenters. The molecule has 2 aliphatic heterocycles. The first kappa shape index (κ1) is 12.3. The molecule has 2 rings (SSSR count). The second-order valence-electron chi connectivity index (χ2n) is 5.01. The number of ether oxygens (including phenoxy) is 2. The van der Waals surface area contributed by atoms with Gasteiger partial charge in [0.05, 0.1) is 6.10 Å². The van der Waals surface area contributed by atoms with Crippen LogP contribution in [0.5, 0.6) is 0 Å². The number of likely N-dealkylation sites (N-methyl/N-ethyl adjacent to an activating group) is 1. The zero-order valence-electron chi connectivity index (χ0n) is 10.4. The van der Waals surface area contributed by atoms with Crippen molar-refractivity contribution in [3.05, 3.63) is 0 Å². The Balaban J connectivity index is 1.80. The maximum atomic E-state index is 5.82. The van der Waals surface area contributed by atoms with Crippen molar-refractivity contribution in [2.24, 2.45) is 5.92 Å². The van der Waals surface area contributed by atoms with Gasteiger partial charge in [0.1, 0.15) is 0 Å². The molecule has 3 heteroatoms. The predicted octanol–water partition coefficient (Wildman–Crippen LogP) is 1.96. The Morgan fingerprint density at radius 3 is 2.62 bits per heavy atom. The lowest BCUT2D eigenvalue weighted by atomic mass is 9.89. The van der Waals surface area contributed by atoms with E-state index in [-0.39, 0.29) is 0 Å². The van der Waals surface area contributed by atoms with Crippen LogP contribution in [0, 0.1) is 5.92 Å². The van der Waals surface area contributed by atoms with Gasteiger partial charge in [-0.05, 0) is 44.6 Å². The molecule has 1 N–H and O–H groups in total. The summed E-state index contributed by atoms with van der Waals surface area (Å²) < 4.78 is 11.2. The molecule has 0 aromatic carbocycles. The zero-order chi connectivity index (χ0) is 11.2. The summed E-state index contributed by atoms with van der Waals surface area (Å²) >= 11 is 0. The first-order chi connectivity index (χ1) is 7.90. The molecule has 16 heavy (non-hydrogen) atoms. The minimum absolute atomic E-state index is 0.461. The molecule has 2 heterocycles. The van der Waals surface area contributed by atoms with E-state index in [1.165, 1.54) is 32.1 Å². The number of hydrogen-bond acceptors (Lipinski definition) is 3. The maximum absolute atomic E-state index is 5.82. The molecule has 0 spiro atoms. The number of hydrogen-bond donors (Lipinski definition) is 1. The van der Waals surface area contributed by atoms with Gasteiger partial charge in [-0.3, -0.25) is 0 Å². The average Bonchev–Trinajstić information content (AvgIpc) is 2.83. The number of rotatable bonds is 5. The van der Waals surface area contributed by atoms with E-state index in [2.05, 4.69) is 12.2 Å². The molecule has 3 nitrogen and oxygen atoms in total. The van der Waals surface area contributed by atoms with Gasteiger partial charge in [-0.25, -0.2) is 0 Å². The topological polar surface area (TPSA) is 30.5 Å². The van der Waals surface area contributed by atoms with Crippen molar-refractivity contribution in [2.45, 2.75) is 51.2 Å². The van der Waals surface area contributed by atoms with Gasteiger partial charge >= 0.3 is 0 Å². The largest absolute Gasteiger partial charge is 0.381 e. The molecule has 0 saturated carbocycles. The molecule has 2 saturated heterocycles. The lowest BCUT2D eigenvalue weighted by molar-refractivity contribution is 0.0381. The van der Waals surface area contributed by atoms with E-state index in [0.717, 1.165) is 32.3 Å². The summed E-state index contributed by atoms with van der Waals surface area (Å²) in [6.45, 7) is 6.10. The van der Waals surface area contributed by atoms with Gasteiger partial charge < -0.3 is 14.8 Å². The van der Waals surface area contributed by atoms with Gasteiger partial charge in [0.25, 0.3) is 0 Å². The van der Waals surface area contributed by atoms with Gasteiger partial charge in [-0.2, -0.15) is 0 Å². The average molecular weight is 227 g/mol. The summed E-state index contributed by atoms with van der Waals surface area (Å²) in [4.78, 5) is 0. The van der Waals surface area contributed by atoms with Gasteiger partial charge in [0.2, 0.25) is 0 Å². The molecule has 2 atom stereocenters. The highest BCUT2D eigenvalue weighted by Crippen LogP contribution is 2.25. The van der Waals surface area contributed by atoms with Crippen molar-refractivity contribution in [3.63, 3.8) is 0 Å². The highest BCUT2D eigenvalue weighted by Gasteiger charge is 2.28. The minimum atomic E-state index is 0.461. The summed E-state index contributed by atoms with van der Waals surface area (Å²) in [5.74, 6) is 0.835. The van der Waals surface area contributed by atoms with E-state index < -0.39 is 0 Å². The van der Waals surface area contributed by atoms with Crippen molar-refractivity contribution in [1.29, 1.82) is 0 Å². The Labute approximate surface area is 98.9 Å². The minimum Gasteiger partial charge on any atom is -0.381 e. The molecule has 0 bridgehead atoms. The lowest BCUT2D eigenvalue weighted by Crippen LogP contribution is -2.41. The summed E-state index contributed by atoms with van der Waals surface area (Å²) in [7, 11) is 0. The van der Waals surface area contributed by atoms with Crippen molar-refractivity contribution in [1.82, 2.24) is 5.32 Å². The molecule has 2 fully saturated rings. The van der Waals surface area contributed by atoms with Crippen molar-refractivity contribution in [2.75, 3.05) is 26.4 Å². The molecule has 0 radical (unpaired) electrons. The van der Waals surface area contributed by atoms with E-state index >= 15 is 0 Å². The van der Waals surface area contributed by atoms with Crippen LogP contribution in [-0.2, 0) is 9.47 Å². The molecule has 0 aromatic heterocycles. The van der Waals surface area contributed by atoms with Gasteiger partial charge in [-0.1, -0.05) is 6.92 Å². The molecule has 0 aromatic rings. The predicted molar refractivity (Wildman–Crippen MR) is 64.6 cm³/mol. The molecule has 0 aliphatic carbocycles. The van der Waals surface area contributed by atoms with Crippen LogP contribution in [0.3, 0.4) is 0 Å². The van der Waals surface area contributed by atoms with E-state index in [1.807, 2.05) is 0 Å². The molecule has 94 valence electrons. The normalized spacial score (nSPS) is 29.4. The van der Waals surface area contributed by atoms with Crippen molar-refractivity contribution < 1.29 is 9.47 Å². The van der Waals surface area contributed by atoms with Gasteiger partial charge in [-0.15, -0.1) is 0 Å². The SMILES string of the molecule is CCNC(CC1CCOCC1)C1CCCO1. The Morgan fingerprint density at radius 1 is 1.19 bits per heavy atom. The van der Waals surface area contributed by atoms with Crippen LogP contribution < -0.4 is 5.32 Å². The quantitative estimate of drug-likeness (QED) is 0.779. The second-order valence-corrected chi connectivity index (χ2v) is 5.01. The Bertz CT molecular complexity index is 186. The standard InChI is InChI=1S/C13H25NO2/c1-2-14-12(13-4-3-7-16-13)10-11-5-8-15-9-6-11/h11-14H,2-10H2,1H3. The first-order valence-electron chi connectivity index (χ1n) is 6.83. The van der Waals surface area contributed by atoms with Crippen LogP contribution in [-0.4, -0.2) is 38.5 Å². The Morgan fingerprint density at radius 2 is 2.00 bits per heavy atom. The summed E-state index contributed by atoms with van der Waals surface area (Å²) in [5, 5.41) is 3.61. The van der Waals surface area contributed by atoms with Gasteiger partial charge in [0.15, 0.2) is 0 Å². The van der Waals surface area contributed by atoms with Crippen LogP contribution in [0.25, 0.3) is 0 Å². The Kier molecular flexibility index (Phi) is 5.07. The molecule has 0 amide bonds. The highest BCUT2D eigenvalue weighted by atomic mass is 16.5. The van der Waals surface area contributed by atoms with E-state index in [1.54, 1.807) is 0 Å². The lowest BCUT2D eigenvalue weighted by Gasteiger charge is -2.30. The van der Waals surface area contributed by atoms with Gasteiger partial charge in [0, 0.05) is 25.9 Å². The van der Waals surface area contributed by atoms with Crippen molar-refractivity contribution >= 4 is 0 Å². The summed E-state index contributed by atoms with van der Waals surface area (Å²) in [5.41, 5.74) is 0. The second kappa shape index (κ2) is 6.58. The zero-order valence-corrected chi connectivity index (χ0v) is 10.4. The Hall–Kier alpha value is -0.120. The fraction of sp³-hybridized carbons (Fsp3) is 1.00. The fourth-order valence-corrected chi connectivity index (χ4v) is 2.89. The third kappa shape index (κ3) is 3.44. The smallest absolute Gasteiger partial charge is 0.0728 e. The maximum Gasteiger partial charge on any atom is 0.0728 e. The summed E-state index contributed by atoms with van der Waals surface area (Å²) in [6, 6.07) is 0.565. The first-order valence-corrected chi connectivity index (χ1v) is 6.83. The third-order valence-corrected chi connectivity index (χ3v) is 3.81. The highest BCUT2D eigenvalue weighted by molar-refractivity contribution is 4.83. The van der Waals surface area contributed by atoms with Crippen LogP contribution in [0.4, 0.5) is 0 Å². The van der Waals surface area contributed by atoms with E-state index in [9.17, 15) is 0 Å². The number of nitrogens with one attached hydrogen (secondary N) is 1. The summed E-state index contributed by atoms with van der Waals surface area (Å²) in [6.07, 6.45) is 6.66.